The standard InChI is InChI=1S/C20H23NO5/c1-2-3-14-20(15-22,21(24)25)19(23)26-18(16-10-6-4-7-11-16)17-12-8-5-9-13-17/h4-13,18,22H,2-3,14-15H2,1H3/t20-/m1/s1. The first-order chi connectivity index (χ1) is 12.5. The van der Waals surface area contributed by atoms with E-state index in [-0.39, 0.29) is 6.42 Å². The van der Waals surface area contributed by atoms with Crippen molar-refractivity contribution in [2.45, 2.75) is 37.8 Å². The van der Waals surface area contributed by atoms with Gasteiger partial charge in [0.2, 0.25) is 0 Å². The molecule has 2 rings (SSSR count). The van der Waals surface area contributed by atoms with Crippen LogP contribution in [0.1, 0.15) is 43.4 Å². The third kappa shape index (κ3) is 4.26. The smallest absolute Gasteiger partial charge is 0.388 e. The summed E-state index contributed by atoms with van der Waals surface area (Å²) in [5.41, 5.74) is -0.729. The van der Waals surface area contributed by atoms with Gasteiger partial charge < -0.3 is 9.84 Å². The van der Waals surface area contributed by atoms with E-state index in [9.17, 15) is 20.0 Å². The van der Waals surface area contributed by atoms with Crippen LogP contribution in [0.5, 0.6) is 0 Å². The molecule has 138 valence electrons. The Balaban J connectivity index is 2.37. The molecular formula is C20H23NO5. The van der Waals surface area contributed by atoms with Crippen LogP contribution in [0.4, 0.5) is 0 Å². The number of hydrogen-bond donors (Lipinski definition) is 1. The number of rotatable bonds is 9. The summed E-state index contributed by atoms with van der Waals surface area (Å²) in [6, 6.07) is 18.1. The number of aliphatic hydroxyl groups excluding tert-OH is 1. The molecule has 1 N–H and O–H groups in total. The summed E-state index contributed by atoms with van der Waals surface area (Å²) in [7, 11) is 0. The Hall–Kier alpha value is -2.73. The van der Waals surface area contributed by atoms with E-state index in [0.29, 0.717) is 24.0 Å². The maximum absolute atomic E-state index is 12.8. The zero-order valence-corrected chi connectivity index (χ0v) is 14.7. The normalized spacial score (nSPS) is 13.2. The Morgan fingerprint density at radius 2 is 1.62 bits per heavy atom. The number of hydrogen-bond acceptors (Lipinski definition) is 5. The van der Waals surface area contributed by atoms with E-state index in [4.69, 9.17) is 4.74 Å². The Morgan fingerprint density at radius 1 is 1.12 bits per heavy atom. The zero-order chi connectivity index (χ0) is 19.0. The third-order valence-corrected chi connectivity index (χ3v) is 4.36. The molecular weight excluding hydrogens is 334 g/mol. The van der Waals surface area contributed by atoms with Crippen LogP contribution in [0.15, 0.2) is 60.7 Å². The van der Waals surface area contributed by atoms with Gasteiger partial charge in [-0.1, -0.05) is 74.0 Å². The molecule has 0 saturated heterocycles. The SMILES string of the molecule is CCCC[C@@](CO)(C(=O)OC(c1ccccc1)c1ccccc1)[N+](=O)[O-]. The molecule has 0 aliphatic carbocycles. The number of benzene rings is 2. The lowest BCUT2D eigenvalue weighted by atomic mass is 9.93. The molecule has 6 heteroatoms. The second kappa shape index (κ2) is 9.10. The van der Waals surface area contributed by atoms with Gasteiger partial charge in [-0.05, 0) is 17.5 Å². The molecule has 0 heterocycles. The number of nitrogens with zero attached hydrogens (tertiary/aromatic N) is 1. The molecule has 0 bridgehead atoms. The van der Waals surface area contributed by atoms with Gasteiger partial charge in [0.1, 0.15) is 6.61 Å². The van der Waals surface area contributed by atoms with Crippen LogP contribution in [0.2, 0.25) is 0 Å². The Labute approximate surface area is 152 Å². The Kier molecular flexibility index (Phi) is 6.86. The fourth-order valence-electron chi connectivity index (χ4n) is 2.74. The molecule has 2 aromatic rings. The summed E-state index contributed by atoms with van der Waals surface area (Å²) in [5.74, 6) is -1.02. The fraction of sp³-hybridized carbons (Fsp3) is 0.350. The van der Waals surface area contributed by atoms with E-state index in [1.165, 1.54) is 0 Å². The molecule has 0 aromatic heterocycles. The second-order valence-corrected chi connectivity index (χ2v) is 6.16. The molecule has 0 unspecified atom stereocenters. The minimum atomic E-state index is -2.14. The van der Waals surface area contributed by atoms with Gasteiger partial charge in [0.25, 0.3) is 0 Å². The number of aliphatic hydroxyl groups is 1. The fourth-order valence-corrected chi connectivity index (χ4v) is 2.74. The largest absolute Gasteiger partial charge is 0.447 e. The predicted octanol–water partition coefficient (Wildman–Crippen LogP) is 3.52. The number of unbranched alkanes of at least 4 members (excludes halogenated alkanes) is 1. The van der Waals surface area contributed by atoms with E-state index in [0.717, 1.165) is 0 Å². The van der Waals surface area contributed by atoms with E-state index in [2.05, 4.69) is 0 Å². The first-order valence-corrected chi connectivity index (χ1v) is 8.61. The molecule has 1 atom stereocenters. The molecule has 26 heavy (non-hydrogen) atoms. The summed E-state index contributed by atoms with van der Waals surface area (Å²) in [4.78, 5) is 23.7. The van der Waals surface area contributed by atoms with Gasteiger partial charge >= 0.3 is 11.5 Å². The maximum Gasteiger partial charge on any atom is 0.388 e. The van der Waals surface area contributed by atoms with Gasteiger partial charge in [0.15, 0.2) is 6.10 Å². The van der Waals surface area contributed by atoms with E-state index < -0.39 is 29.1 Å². The lowest BCUT2D eigenvalue weighted by Crippen LogP contribution is -2.51. The van der Waals surface area contributed by atoms with Crippen LogP contribution >= 0.6 is 0 Å². The Morgan fingerprint density at radius 3 is 2.00 bits per heavy atom. The topological polar surface area (TPSA) is 89.7 Å². The van der Waals surface area contributed by atoms with Crippen LogP contribution in [0, 0.1) is 10.1 Å². The third-order valence-electron chi connectivity index (χ3n) is 4.36. The number of carbonyl (C=O) groups is 1. The van der Waals surface area contributed by atoms with Crippen LogP contribution in [-0.4, -0.2) is 28.1 Å². The predicted molar refractivity (Wildman–Crippen MR) is 97.2 cm³/mol. The van der Waals surface area contributed by atoms with Crippen LogP contribution < -0.4 is 0 Å². The van der Waals surface area contributed by atoms with E-state index in [1.54, 1.807) is 24.3 Å². The molecule has 0 radical (unpaired) electrons. The van der Waals surface area contributed by atoms with Crippen molar-refractivity contribution in [2.75, 3.05) is 6.61 Å². The van der Waals surface area contributed by atoms with Crippen molar-refractivity contribution >= 4 is 5.97 Å². The van der Waals surface area contributed by atoms with Crippen molar-refractivity contribution in [1.82, 2.24) is 0 Å². The van der Waals surface area contributed by atoms with E-state index in [1.807, 2.05) is 43.3 Å². The molecule has 0 saturated carbocycles. The summed E-state index contributed by atoms with van der Waals surface area (Å²) < 4.78 is 5.60. The first-order valence-electron chi connectivity index (χ1n) is 8.61. The maximum atomic E-state index is 12.8. The average Bonchev–Trinajstić information content (AvgIpc) is 2.68. The van der Waals surface area contributed by atoms with Gasteiger partial charge in [-0.25, -0.2) is 4.79 Å². The molecule has 2 aromatic carbocycles. The number of esters is 1. The highest BCUT2D eigenvalue weighted by Crippen LogP contribution is 2.30. The first kappa shape index (κ1) is 19.6. The minimum Gasteiger partial charge on any atom is -0.447 e. The van der Waals surface area contributed by atoms with E-state index >= 15 is 0 Å². The summed E-state index contributed by atoms with van der Waals surface area (Å²) in [6.07, 6.45) is 0.265. The zero-order valence-electron chi connectivity index (χ0n) is 14.7. The highest BCUT2D eigenvalue weighted by molar-refractivity contribution is 5.80. The quantitative estimate of drug-likeness (QED) is 0.421. The lowest BCUT2D eigenvalue weighted by Gasteiger charge is -2.25. The molecule has 6 nitrogen and oxygen atoms in total. The average molecular weight is 357 g/mol. The summed E-state index contributed by atoms with van der Waals surface area (Å²) >= 11 is 0. The van der Waals surface area contributed by atoms with Gasteiger partial charge in [-0.2, -0.15) is 0 Å². The number of ether oxygens (including phenoxy) is 1. The molecule has 0 aliphatic rings. The van der Waals surface area contributed by atoms with Gasteiger partial charge in [-0.15, -0.1) is 0 Å². The van der Waals surface area contributed by atoms with Crippen molar-refractivity contribution in [1.29, 1.82) is 0 Å². The lowest BCUT2D eigenvalue weighted by molar-refractivity contribution is -0.560. The highest BCUT2D eigenvalue weighted by Gasteiger charge is 2.52. The second-order valence-electron chi connectivity index (χ2n) is 6.16. The van der Waals surface area contributed by atoms with Crippen molar-refractivity contribution < 1.29 is 19.6 Å². The summed E-state index contributed by atoms with van der Waals surface area (Å²) in [5, 5.41) is 21.3. The monoisotopic (exact) mass is 357 g/mol. The van der Waals surface area contributed by atoms with Crippen LogP contribution in [0.25, 0.3) is 0 Å². The van der Waals surface area contributed by atoms with Crippen molar-refractivity contribution in [3.8, 4) is 0 Å². The number of carbonyl (C=O) groups excluding carboxylic acids is 1. The summed E-state index contributed by atoms with van der Waals surface area (Å²) in [6.45, 7) is 0.972. The van der Waals surface area contributed by atoms with Crippen LogP contribution in [0.3, 0.4) is 0 Å². The molecule has 0 fully saturated rings. The minimum absolute atomic E-state index is 0.0673. The van der Waals surface area contributed by atoms with Crippen molar-refractivity contribution in [3.63, 3.8) is 0 Å². The highest BCUT2D eigenvalue weighted by atomic mass is 16.6. The van der Waals surface area contributed by atoms with Crippen LogP contribution in [-0.2, 0) is 9.53 Å². The van der Waals surface area contributed by atoms with Gasteiger partial charge in [0, 0.05) is 11.3 Å². The van der Waals surface area contributed by atoms with Crippen molar-refractivity contribution in [2.24, 2.45) is 0 Å². The number of nitro groups is 1. The van der Waals surface area contributed by atoms with Gasteiger partial charge in [0.05, 0.1) is 0 Å². The Bertz CT molecular complexity index is 680. The van der Waals surface area contributed by atoms with Crippen molar-refractivity contribution in [3.05, 3.63) is 81.9 Å². The molecule has 0 amide bonds. The van der Waals surface area contributed by atoms with Gasteiger partial charge in [-0.3, -0.25) is 10.1 Å². The molecule has 0 spiro atoms. The molecule has 0 aliphatic heterocycles.